The third-order valence-corrected chi connectivity index (χ3v) is 2.86. The highest BCUT2D eigenvalue weighted by Crippen LogP contribution is 2.27. The van der Waals surface area contributed by atoms with Gasteiger partial charge in [-0.3, -0.25) is 4.99 Å². The molecule has 0 saturated carbocycles. The van der Waals surface area contributed by atoms with Crippen LogP contribution in [0.4, 0.5) is 11.4 Å². The van der Waals surface area contributed by atoms with Crippen molar-refractivity contribution in [3.8, 4) is 11.5 Å². The summed E-state index contributed by atoms with van der Waals surface area (Å²) in [5.74, 6) is 0.148. The number of phenols is 2. The first-order chi connectivity index (χ1) is 9.79. The third-order valence-electron chi connectivity index (χ3n) is 2.26. The smallest absolute Gasteiger partial charge is 0.134 e. The number of aromatic hydroxyl groups is 2. The normalized spacial score (nSPS) is 9.52. The van der Waals surface area contributed by atoms with Gasteiger partial charge in [-0.2, -0.15) is 0 Å². The Kier molecular flexibility index (Phi) is 6.34. The van der Waals surface area contributed by atoms with Crippen LogP contribution in [0.15, 0.2) is 41.4 Å². The molecular weight excluding hydrogens is 311 g/mol. The van der Waals surface area contributed by atoms with Crippen molar-refractivity contribution in [1.29, 1.82) is 0 Å². The Morgan fingerprint density at radius 1 is 0.952 bits per heavy atom. The minimum Gasteiger partial charge on any atom is -0.506 e. The van der Waals surface area contributed by atoms with Gasteiger partial charge in [0.25, 0.3) is 0 Å². The summed E-state index contributed by atoms with van der Waals surface area (Å²) in [6, 6.07) is 9.41. The van der Waals surface area contributed by atoms with Crippen LogP contribution < -0.4 is 5.73 Å². The number of phenolic OH excluding ortho intramolecular Hbond substituents is 2. The van der Waals surface area contributed by atoms with Gasteiger partial charge in [-0.05, 0) is 50.2 Å². The molecule has 0 heterocycles. The van der Waals surface area contributed by atoms with E-state index < -0.39 is 0 Å². The standard InChI is InChI=1S/C9H10ClNO.C6H6ClNO/c1-6(2)11-7-3-4-9(12)8(10)5-7;7-5-3-4(8)1-2-6(5)9/h3-5,12H,1-2H3;1-3,9H,8H2. The molecule has 4 N–H and O–H groups in total. The summed E-state index contributed by atoms with van der Waals surface area (Å²) in [6.45, 7) is 3.81. The average Bonchev–Trinajstić information content (AvgIpc) is 2.39. The van der Waals surface area contributed by atoms with Crippen LogP contribution in [0.2, 0.25) is 10.0 Å². The highest BCUT2D eigenvalue weighted by atomic mass is 35.5. The molecule has 6 heteroatoms. The monoisotopic (exact) mass is 326 g/mol. The number of anilines is 1. The predicted molar refractivity (Wildman–Crippen MR) is 89.1 cm³/mol. The van der Waals surface area contributed by atoms with Crippen molar-refractivity contribution < 1.29 is 10.2 Å². The van der Waals surface area contributed by atoms with E-state index in [2.05, 4.69) is 4.99 Å². The van der Waals surface area contributed by atoms with Crippen molar-refractivity contribution in [3.63, 3.8) is 0 Å². The minimum atomic E-state index is 0.0610. The van der Waals surface area contributed by atoms with E-state index in [-0.39, 0.29) is 16.5 Å². The van der Waals surface area contributed by atoms with Crippen LogP contribution in [0.5, 0.6) is 11.5 Å². The Balaban J connectivity index is 0.000000219. The van der Waals surface area contributed by atoms with Gasteiger partial charge in [-0.15, -0.1) is 0 Å². The van der Waals surface area contributed by atoms with Crippen LogP contribution in [-0.2, 0) is 0 Å². The number of halogens is 2. The fourth-order valence-electron chi connectivity index (χ4n) is 1.35. The molecule has 4 nitrogen and oxygen atoms in total. The lowest BCUT2D eigenvalue weighted by atomic mass is 10.3. The van der Waals surface area contributed by atoms with E-state index in [1.54, 1.807) is 18.2 Å². The zero-order valence-corrected chi connectivity index (χ0v) is 13.2. The number of nitrogen functional groups attached to an aromatic ring is 1. The molecule has 21 heavy (non-hydrogen) atoms. The van der Waals surface area contributed by atoms with Crippen LogP contribution >= 0.6 is 23.2 Å². The number of aliphatic imine (C=N–C) groups is 1. The van der Waals surface area contributed by atoms with Crippen molar-refractivity contribution in [2.24, 2.45) is 4.99 Å². The summed E-state index contributed by atoms with van der Waals surface area (Å²) in [7, 11) is 0. The molecule has 0 amide bonds. The lowest BCUT2D eigenvalue weighted by molar-refractivity contribution is 0.475. The maximum absolute atomic E-state index is 9.10. The molecule has 0 aliphatic rings. The van der Waals surface area contributed by atoms with Crippen molar-refractivity contribution >= 4 is 40.3 Å². The van der Waals surface area contributed by atoms with Gasteiger partial charge < -0.3 is 15.9 Å². The zero-order chi connectivity index (χ0) is 16.0. The molecular formula is C15H16Cl2N2O2. The zero-order valence-electron chi connectivity index (χ0n) is 11.6. The van der Waals surface area contributed by atoms with Gasteiger partial charge >= 0.3 is 0 Å². The van der Waals surface area contributed by atoms with Crippen molar-refractivity contribution in [2.45, 2.75) is 13.8 Å². The maximum Gasteiger partial charge on any atom is 0.134 e. The van der Waals surface area contributed by atoms with Crippen molar-refractivity contribution in [2.75, 3.05) is 5.73 Å². The topological polar surface area (TPSA) is 78.8 Å². The largest absolute Gasteiger partial charge is 0.506 e. The third kappa shape index (κ3) is 5.94. The fourth-order valence-corrected chi connectivity index (χ4v) is 1.71. The second-order valence-corrected chi connectivity index (χ2v) is 5.22. The van der Waals surface area contributed by atoms with Crippen LogP contribution in [0.25, 0.3) is 0 Å². The van der Waals surface area contributed by atoms with Crippen LogP contribution in [0, 0.1) is 0 Å². The van der Waals surface area contributed by atoms with Gasteiger partial charge in [0.05, 0.1) is 15.7 Å². The van der Waals surface area contributed by atoms with Crippen LogP contribution in [-0.4, -0.2) is 15.9 Å². The molecule has 112 valence electrons. The summed E-state index contributed by atoms with van der Waals surface area (Å²) in [5, 5.41) is 18.6. The number of benzene rings is 2. The Morgan fingerprint density at radius 2 is 1.48 bits per heavy atom. The van der Waals surface area contributed by atoms with Crippen molar-refractivity contribution in [3.05, 3.63) is 46.4 Å². The Labute approximate surface area is 133 Å². The molecule has 0 atom stereocenters. The molecule has 0 spiro atoms. The molecule has 0 radical (unpaired) electrons. The second kappa shape index (κ2) is 7.76. The van der Waals surface area contributed by atoms with E-state index in [0.29, 0.717) is 10.7 Å². The molecule has 0 aliphatic heterocycles. The van der Waals surface area contributed by atoms with Crippen LogP contribution in [0.1, 0.15) is 13.8 Å². The molecule has 0 aliphatic carbocycles. The average molecular weight is 327 g/mol. The second-order valence-electron chi connectivity index (χ2n) is 4.41. The van der Waals surface area contributed by atoms with E-state index in [4.69, 9.17) is 39.1 Å². The summed E-state index contributed by atoms with van der Waals surface area (Å²) in [4.78, 5) is 4.18. The van der Waals surface area contributed by atoms with Crippen LogP contribution in [0.3, 0.4) is 0 Å². The number of hydrogen-bond donors (Lipinski definition) is 3. The molecule has 0 fully saturated rings. The Bertz CT molecular complexity index is 654. The van der Waals surface area contributed by atoms with Gasteiger partial charge in [0.15, 0.2) is 0 Å². The summed E-state index contributed by atoms with van der Waals surface area (Å²) in [6.07, 6.45) is 0. The highest BCUT2D eigenvalue weighted by molar-refractivity contribution is 6.32. The molecule has 2 rings (SSSR count). The van der Waals surface area contributed by atoms with Gasteiger partial charge in [-0.1, -0.05) is 23.2 Å². The number of nitrogens with zero attached hydrogens (tertiary/aromatic N) is 1. The maximum atomic E-state index is 9.10. The van der Waals surface area contributed by atoms with Gasteiger partial charge in [0.1, 0.15) is 11.5 Å². The molecule has 0 unspecified atom stereocenters. The van der Waals surface area contributed by atoms with Gasteiger partial charge in [0, 0.05) is 11.4 Å². The van der Waals surface area contributed by atoms with E-state index in [9.17, 15) is 0 Å². The van der Waals surface area contributed by atoms with E-state index in [0.717, 1.165) is 11.4 Å². The quantitative estimate of drug-likeness (QED) is 0.400. The predicted octanol–water partition coefficient (Wildman–Crippen LogP) is 4.79. The summed E-state index contributed by atoms with van der Waals surface area (Å²) in [5.41, 5.74) is 7.60. The first kappa shape index (κ1) is 17.1. The minimum absolute atomic E-state index is 0.0610. The van der Waals surface area contributed by atoms with Gasteiger partial charge in [-0.25, -0.2) is 0 Å². The molecule has 2 aromatic rings. The highest BCUT2D eigenvalue weighted by Gasteiger charge is 1.97. The van der Waals surface area contributed by atoms with Crippen molar-refractivity contribution in [1.82, 2.24) is 0 Å². The number of rotatable bonds is 1. The molecule has 0 bridgehead atoms. The Morgan fingerprint density at radius 3 is 1.90 bits per heavy atom. The SMILES string of the molecule is CC(C)=Nc1ccc(O)c(Cl)c1.Nc1ccc(O)c(Cl)c1. The Hall–Kier alpha value is -1.91. The van der Waals surface area contributed by atoms with E-state index >= 15 is 0 Å². The molecule has 2 aromatic carbocycles. The van der Waals surface area contributed by atoms with Gasteiger partial charge in [0.2, 0.25) is 0 Å². The first-order valence-corrected chi connectivity index (χ1v) is 6.79. The summed E-state index contributed by atoms with van der Waals surface area (Å²) < 4.78 is 0. The lowest BCUT2D eigenvalue weighted by Crippen LogP contribution is -1.81. The lowest BCUT2D eigenvalue weighted by Gasteiger charge is -1.98. The number of nitrogens with two attached hydrogens (primary N) is 1. The number of hydrogen-bond acceptors (Lipinski definition) is 4. The summed E-state index contributed by atoms with van der Waals surface area (Å²) >= 11 is 11.2. The first-order valence-electron chi connectivity index (χ1n) is 6.04. The fraction of sp³-hybridized carbons (Fsp3) is 0.133. The van der Waals surface area contributed by atoms with E-state index in [1.807, 2.05) is 13.8 Å². The van der Waals surface area contributed by atoms with E-state index in [1.165, 1.54) is 18.2 Å². The molecule has 0 saturated heterocycles. The molecule has 0 aromatic heterocycles.